The van der Waals surface area contributed by atoms with E-state index in [0.29, 0.717) is 16.8 Å². The number of nitrogens with zero attached hydrogens (tertiary/aromatic N) is 2. The van der Waals surface area contributed by atoms with E-state index in [0.717, 1.165) is 11.3 Å². The number of aromatic amines is 1. The highest BCUT2D eigenvalue weighted by Gasteiger charge is 2.08. The molecular formula is C15H14FN3. The number of nitrogens with one attached hydrogen (secondary N) is 1. The maximum atomic E-state index is 13.3. The number of fused-ring (bicyclic) bond motifs is 1. The molecule has 0 aliphatic carbocycles. The van der Waals surface area contributed by atoms with E-state index in [1.165, 1.54) is 5.56 Å². The maximum absolute atomic E-state index is 13.3. The van der Waals surface area contributed by atoms with Crippen molar-refractivity contribution < 1.29 is 4.39 Å². The van der Waals surface area contributed by atoms with Gasteiger partial charge in [-0.05, 0) is 35.7 Å². The van der Waals surface area contributed by atoms with Crippen LogP contribution in [0, 0.1) is 5.95 Å². The van der Waals surface area contributed by atoms with Gasteiger partial charge in [0, 0.05) is 11.8 Å². The molecule has 0 aliphatic heterocycles. The van der Waals surface area contributed by atoms with Gasteiger partial charge in [0.05, 0.1) is 16.6 Å². The lowest BCUT2D eigenvalue weighted by atomic mass is 10.0. The number of aromatic nitrogens is 3. The van der Waals surface area contributed by atoms with Crippen LogP contribution < -0.4 is 0 Å². The summed E-state index contributed by atoms with van der Waals surface area (Å²) in [6, 6.07) is 9.53. The number of benzene rings is 1. The van der Waals surface area contributed by atoms with Crippen LogP contribution in [0.5, 0.6) is 0 Å². The summed E-state index contributed by atoms with van der Waals surface area (Å²) in [5.41, 5.74) is 3.68. The third-order valence-electron chi connectivity index (χ3n) is 3.26. The minimum Gasteiger partial charge on any atom is -0.256 e. The Balaban J connectivity index is 2.10. The van der Waals surface area contributed by atoms with Crippen molar-refractivity contribution in [2.45, 2.75) is 19.8 Å². The molecule has 3 rings (SSSR count). The molecule has 1 N–H and O–H groups in total. The highest BCUT2D eigenvalue weighted by molar-refractivity contribution is 5.83. The fraction of sp³-hybridized carbons (Fsp3) is 0.200. The predicted molar refractivity (Wildman–Crippen MR) is 73.4 cm³/mol. The molecule has 0 amide bonds. The summed E-state index contributed by atoms with van der Waals surface area (Å²) in [6.07, 6.45) is 1.81. The molecule has 96 valence electrons. The Morgan fingerprint density at radius 2 is 2.00 bits per heavy atom. The lowest BCUT2D eigenvalue weighted by Crippen LogP contribution is -1.90. The van der Waals surface area contributed by atoms with Crippen LogP contribution >= 0.6 is 0 Å². The van der Waals surface area contributed by atoms with Gasteiger partial charge >= 0.3 is 0 Å². The first-order valence-corrected chi connectivity index (χ1v) is 6.25. The molecule has 0 spiro atoms. The molecule has 19 heavy (non-hydrogen) atoms. The van der Waals surface area contributed by atoms with Gasteiger partial charge in [-0.2, -0.15) is 9.49 Å². The van der Waals surface area contributed by atoms with E-state index in [-0.39, 0.29) is 0 Å². The zero-order chi connectivity index (χ0) is 13.4. The van der Waals surface area contributed by atoms with Crippen molar-refractivity contribution in [3.8, 4) is 11.3 Å². The van der Waals surface area contributed by atoms with Crippen LogP contribution in [0.1, 0.15) is 25.3 Å². The standard InChI is InChI=1S/C15H14FN3/c1-9(2)10-5-6-17-13(7-10)11-3-4-12-14(8-11)18-19-15(12)16/h3-9H,1-2H3,(H,18,19). The van der Waals surface area contributed by atoms with Crippen molar-refractivity contribution in [1.82, 2.24) is 15.2 Å². The molecule has 1 aromatic carbocycles. The lowest BCUT2D eigenvalue weighted by molar-refractivity contribution is 0.588. The Morgan fingerprint density at radius 3 is 2.79 bits per heavy atom. The third kappa shape index (κ3) is 2.10. The van der Waals surface area contributed by atoms with Crippen molar-refractivity contribution in [3.63, 3.8) is 0 Å². The molecule has 0 aliphatic rings. The topological polar surface area (TPSA) is 41.6 Å². The van der Waals surface area contributed by atoms with Crippen LogP contribution in [0.2, 0.25) is 0 Å². The molecule has 0 bridgehead atoms. The van der Waals surface area contributed by atoms with Crippen molar-refractivity contribution in [3.05, 3.63) is 48.0 Å². The summed E-state index contributed by atoms with van der Waals surface area (Å²) in [5, 5.41) is 6.79. The SMILES string of the molecule is CC(C)c1ccnc(-c2ccc3c(F)[nH]nc3c2)c1. The molecule has 0 fully saturated rings. The van der Waals surface area contributed by atoms with Crippen LogP contribution in [0.15, 0.2) is 36.5 Å². The molecule has 2 heterocycles. The Hall–Kier alpha value is -2.23. The molecule has 2 aromatic heterocycles. The highest BCUT2D eigenvalue weighted by Crippen LogP contribution is 2.25. The van der Waals surface area contributed by atoms with E-state index in [2.05, 4.69) is 35.1 Å². The Kier molecular flexibility index (Phi) is 2.78. The van der Waals surface area contributed by atoms with Gasteiger partial charge in [0.1, 0.15) is 0 Å². The van der Waals surface area contributed by atoms with Gasteiger partial charge in [0.15, 0.2) is 0 Å². The van der Waals surface area contributed by atoms with Gasteiger partial charge in [-0.1, -0.05) is 19.9 Å². The van der Waals surface area contributed by atoms with Crippen LogP contribution in [-0.4, -0.2) is 15.2 Å². The van der Waals surface area contributed by atoms with E-state index in [4.69, 9.17) is 0 Å². The molecule has 0 atom stereocenters. The summed E-state index contributed by atoms with van der Waals surface area (Å²) >= 11 is 0. The van der Waals surface area contributed by atoms with E-state index in [9.17, 15) is 4.39 Å². The van der Waals surface area contributed by atoms with E-state index >= 15 is 0 Å². The maximum Gasteiger partial charge on any atom is 0.216 e. The number of pyridine rings is 1. The first-order chi connectivity index (χ1) is 9.15. The fourth-order valence-corrected chi connectivity index (χ4v) is 2.10. The molecular weight excluding hydrogens is 241 g/mol. The Morgan fingerprint density at radius 1 is 1.16 bits per heavy atom. The Labute approximate surface area is 110 Å². The fourth-order valence-electron chi connectivity index (χ4n) is 2.10. The van der Waals surface area contributed by atoms with E-state index in [1.54, 1.807) is 12.3 Å². The summed E-state index contributed by atoms with van der Waals surface area (Å²) in [4.78, 5) is 4.37. The second-order valence-corrected chi connectivity index (χ2v) is 4.90. The first kappa shape index (κ1) is 11.8. The van der Waals surface area contributed by atoms with Crippen molar-refractivity contribution in [2.75, 3.05) is 0 Å². The smallest absolute Gasteiger partial charge is 0.216 e. The van der Waals surface area contributed by atoms with Gasteiger partial charge in [0.25, 0.3) is 0 Å². The van der Waals surface area contributed by atoms with Crippen LogP contribution in [-0.2, 0) is 0 Å². The second-order valence-electron chi connectivity index (χ2n) is 4.90. The number of H-pyrrole nitrogens is 1. The van der Waals surface area contributed by atoms with Gasteiger partial charge in [0.2, 0.25) is 5.95 Å². The molecule has 0 unspecified atom stereocenters. The average molecular weight is 255 g/mol. The number of halogens is 1. The molecule has 0 saturated heterocycles. The van der Waals surface area contributed by atoms with E-state index in [1.807, 2.05) is 18.2 Å². The zero-order valence-electron chi connectivity index (χ0n) is 10.8. The van der Waals surface area contributed by atoms with Crippen molar-refractivity contribution in [1.29, 1.82) is 0 Å². The Bertz CT molecular complexity index is 731. The second kappa shape index (κ2) is 4.46. The number of hydrogen-bond acceptors (Lipinski definition) is 2. The predicted octanol–water partition coefficient (Wildman–Crippen LogP) is 3.89. The van der Waals surface area contributed by atoms with Crippen LogP contribution in [0.4, 0.5) is 4.39 Å². The monoisotopic (exact) mass is 255 g/mol. The van der Waals surface area contributed by atoms with Crippen molar-refractivity contribution >= 4 is 10.9 Å². The quantitative estimate of drug-likeness (QED) is 0.754. The van der Waals surface area contributed by atoms with Crippen LogP contribution in [0.3, 0.4) is 0 Å². The van der Waals surface area contributed by atoms with Gasteiger partial charge in [-0.15, -0.1) is 0 Å². The molecule has 3 aromatic rings. The summed E-state index contributed by atoms with van der Waals surface area (Å²) in [7, 11) is 0. The lowest BCUT2D eigenvalue weighted by Gasteiger charge is -2.07. The molecule has 0 saturated carbocycles. The zero-order valence-corrected chi connectivity index (χ0v) is 10.8. The van der Waals surface area contributed by atoms with Gasteiger partial charge in [-0.3, -0.25) is 10.1 Å². The van der Waals surface area contributed by atoms with E-state index < -0.39 is 5.95 Å². The highest BCUT2D eigenvalue weighted by atomic mass is 19.1. The largest absolute Gasteiger partial charge is 0.256 e. The van der Waals surface area contributed by atoms with Crippen LogP contribution in [0.25, 0.3) is 22.2 Å². The number of hydrogen-bond donors (Lipinski definition) is 1. The number of rotatable bonds is 2. The summed E-state index contributed by atoms with van der Waals surface area (Å²) < 4.78 is 13.3. The first-order valence-electron chi connectivity index (χ1n) is 6.25. The molecule has 4 heteroatoms. The summed E-state index contributed by atoms with van der Waals surface area (Å²) in [5.74, 6) is 0.0544. The minimum absolute atomic E-state index is 0.398. The summed E-state index contributed by atoms with van der Waals surface area (Å²) in [6.45, 7) is 4.29. The third-order valence-corrected chi connectivity index (χ3v) is 3.26. The molecule has 3 nitrogen and oxygen atoms in total. The normalized spacial score (nSPS) is 11.4. The molecule has 0 radical (unpaired) electrons. The van der Waals surface area contributed by atoms with Gasteiger partial charge in [-0.25, -0.2) is 0 Å². The minimum atomic E-state index is -0.398. The average Bonchev–Trinajstić information content (AvgIpc) is 2.80. The van der Waals surface area contributed by atoms with Gasteiger partial charge < -0.3 is 0 Å². The van der Waals surface area contributed by atoms with Crippen molar-refractivity contribution in [2.24, 2.45) is 0 Å².